The van der Waals surface area contributed by atoms with Crippen molar-refractivity contribution >= 4 is 26.0 Å². The highest BCUT2D eigenvalue weighted by molar-refractivity contribution is 7.91. The lowest BCUT2D eigenvalue weighted by atomic mass is 10.0. The summed E-state index contributed by atoms with van der Waals surface area (Å²) in [4.78, 5) is 12.3. The van der Waals surface area contributed by atoms with Gasteiger partial charge in [0.25, 0.3) is 10.2 Å². The van der Waals surface area contributed by atoms with E-state index >= 15 is 0 Å². The molecule has 3 rings (SSSR count). The summed E-state index contributed by atoms with van der Waals surface area (Å²) >= 11 is 0. The van der Waals surface area contributed by atoms with Gasteiger partial charge in [-0.05, 0) is 24.0 Å². The second-order valence-corrected chi connectivity index (χ2v) is 11.1. The summed E-state index contributed by atoms with van der Waals surface area (Å²) in [7, 11) is -6.88. The van der Waals surface area contributed by atoms with Crippen molar-refractivity contribution in [1.29, 1.82) is 0 Å². The fourth-order valence-electron chi connectivity index (χ4n) is 3.53. The fourth-order valence-corrected chi connectivity index (χ4v) is 6.76. The highest BCUT2D eigenvalue weighted by Crippen LogP contribution is 2.22. The van der Waals surface area contributed by atoms with Crippen molar-refractivity contribution in [3.05, 3.63) is 35.4 Å². The van der Waals surface area contributed by atoms with Gasteiger partial charge in [0.05, 0.1) is 18.1 Å². The minimum atomic E-state index is -3.78. The van der Waals surface area contributed by atoms with E-state index in [1.165, 1.54) is 4.31 Å². The van der Waals surface area contributed by atoms with E-state index in [1.807, 2.05) is 24.3 Å². The topological polar surface area (TPSA) is 104 Å². The molecule has 0 spiro atoms. The van der Waals surface area contributed by atoms with Crippen LogP contribution in [0.1, 0.15) is 24.5 Å². The SMILES string of the molecule is CCN(CC(=O)N[C@@H]1CCS(=O)(=O)C1)S(=O)(=O)N1CCc2ccccc2C1. The van der Waals surface area contributed by atoms with Gasteiger partial charge < -0.3 is 5.32 Å². The Kier molecular flexibility index (Phi) is 5.90. The van der Waals surface area contributed by atoms with Crippen LogP contribution in [0.2, 0.25) is 0 Å². The molecule has 0 bridgehead atoms. The first-order valence-corrected chi connectivity index (χ1v) is 12.2. The van der Waals surface area contributed by atoms with Gasteiger partial charge >= 0.3 is 0 Å². The molecule has 2 aliphatic rings. The van der Waals surface area contributed by atoms with Crippen molar-refractivity contribution in [3.63, 3.8) is 0 Å². The summed E-state index contributed by atoms with van der Waals surface area (Å²) in [5.74, 6) is -0.499. The van der Waals surface area contributed by atoms with Crippen molar-refractivity contribution < 1.29 is 21.6 Å². The number of likely N-dealkylation sites (N-methyl/N-ethyl adjacent to an activating group) is 1. The summed E-state index contributed by atoms with van der Waals surface area (Å²) in [5, 5.41) is 2.65. The molecule has 10 heteroatoms. The minimum Gasteiger partial charge on any atom is -0.351 e. The van der Waals surface area contributed by atoms with Gasteiger partial charge in [-0.25, -0.2) is 8.42 Å². The molecule has 0 unspecified atom stereocenters. The van der Waals surface area contributed by atoms with Crippen LogP contribution in [0.15, 0.2) is 24.3 Å². The Hall–Kier alpha value is -1.49. The summed E-state index contributed by atoms with van der Waals surface area (Å²) < 4.78 is 51.5. The Morgan fingerprint density at radius 3 is 2.63 bits per heavy atom. The quantitative estimate of drug-likeness (QED) is 0.700. The average molecular weight is 416 g/mol. The maximum atomic E-state index is 13.0. The monoisotopic (exact) mass is 415 g/mol. The maximum Gasteiger partial charge on any atom is 0.282 e. The summed E-state index contributed by atoms with van der Waals surface area (Å²) in [5.41, 5.74) is 2.12. The highest BCUT2D eigenvalue weighted by atomic mass is 32.2. The Morgan fingerprint density at radius 2 is 2.00 bits per heavy atom. The Labute approximate surface area is 160 Å². The van der Waals surface area contributed by atoms with Crippen LogP contribution >= 0.6 is 0 Å². The van der Waals surface area contributed by atoms with Gasteiger partial charge in [-0.1, -0.05) is 31.2 Å². The Balaban J connectivity index is 1.65. The molecule has 0 radical (unpaired) electrons. The summed E-state index contributed by atoms with van der Waals surface area (Å²) in [6, 6.07) is 7.30. The summed E-state index contributed by atoms with van der Waals surface area (Å²) in [6.07, 6.45) is 1.01. The van der Waals surface area contributed by atoms with Gasteiger partial charge in [0.2, 0.25) is 5.91 Å². The predicted octanol–water partition coefficient (Wildman–Crippen LogP) is -0.0853. The summed E-state index contributed by atoms with van der Waals surface area (Å²) in [6.45, 7) is 2.20. The normalized spacial score (nSPS) is 22.5. The molecule has 1 fully saturated rings. The largest absolute Gasteiger partial charge is 0.351 e. The standard InChI is InChI=1S/C17H25N3O5S2/c1-2-19(12-17(21)18-16-8-10-26(22,23)13-16)27(24,25)20-9-7-14-5-3-4-6-15(14)11-20/h3-6,16H,2,7-13H2,1H3,(H,18,21)/t16-/m1/s1. The molecular formula is C17H25N3O5S2. The third-order valence-electron chi connectivity index (χ3n) is 5.02. The molecule has 2 heterocycles. The number of carbonyl (C=O) groups is 1. The number of hydrogen-bond donors (Lipinski definition) is 1. The van der Waals surface area contributed by atoms with Gasteiger partial charge in [-0.15, -0.1) is 0 Å². The molecule has 1 aromatic carbocycles. The van der Waals surface area contributed by atoms with Crippen molar-refractivity contribution in [1.82, 2.24) is 13.9 Å². The zero-order valence-corrected chi connectivity index (χ0v) is 16.9. The number of hydrogen-bond acceptors (Lipinski definition) is 5. The van der Waals surface area contributed by atoms with Crippen LogP contribution in [0.4, 0.5) is 0 Å². The fraction of sp³-hybridized carbons (Fsp3) is 0.588. The number of amides is 1. The van der Waals surface area contributed by atoms with Crippen molar-refractivity contribution in [2.75, 3.05) is 31.1 Å². The van der Waals surface area contributed by atoms with Crippen LogP contribution in [0.25, 0.3) is 0 Å². The highest BCUT2D eigenvalue weighted by Gasteiger charge is 2.34. The third-order valence-corrected chi connectivity index (χ3v) is 8.79. The Bertz CT molecular complexity index is 914. The number of nitrogens with one attached hydrogen (secondary N) is 1. The van der Waals surface area contributed by atoms with E-state index < -0.39 is 32.0 Å². The zero-order chi connectivity index (χ0) is 19.7. The van der Waals surface area contributed by atoms with E-state index in [0.717, 1.165) is 15.4 Å². The third kappa shape index (κ3) is 4.68. The lowest BCUT2D eigenvalue weighted by Gasteiger charge is -2.32. The predicted molar refractivity (Wildman–Crippen MR) is 102 cm³/mol. The van der Waals surface area contributed by atoms with Crippen LogP contribution in [-0.4, -0.2) is 68.5 Å². The molecule has 1 amide bonds. The van der Waals surface area contributed by atoms with Gasteiger partial charge in [0, 0.05) is 25.7 Å². The molecule has 0 aromatic heterocycles. The first-order chi connectivity index (χ1) is 12.7. The van der Waals surface area contributed by atoms with Crippen LogP contribution in [-0.2, 0) is 37.8 Å². The molecular weight excluding hydrogens is 390 g/mol. The van der Waals surface area contributed by atoms with Gasteiger partial charge in [0.1, 0.15) is 0 Å². The van der Waals surface area contributed by atoms with Gasteiger partial charge in [0.15, 0.2) is 9.84 Å². The second-order valence-electron chi connectivity index (χ2n) is 6.95. The van der Waals surface area contributed by atoms with Crippen LogP contribution in [0, 0.1) is 0 Å². The van der Waals surface area contributed by atoms with E-state index in [1.54, 1.807) is 6.92 Å². The molecule has 2 aliphatic heterocycles. The van der Waals surface area contributed by atoms with E-state index in [4.69, 9.17) is 0 Å². The molecule has 1 aromatic rings. The average Bonchev–Trinajstić information content (AvgIpc) is 2.97. The van der Waals surface area contributed by atoms with Gasteiger partial charge in [-0.2, -0.15) is 17.0 Å². The number of rotatable bonds is 6. The van der Waals surface area contributed by atoms with E-state index in [9.17, 15) is 21.6 Å². The van der Waals surface area contributed by atoms with Crippen molar-refractivity contribution in [3.8, 4) is 0 Å². The van der Waals surface area contributed by atoms with Crippen LogP contribution in [0.3, 0.4) is 0 Å². The molecule has 1 saturated heterocycles. The molecule has 150 valence electrons. The molecule has 0 aliphatic carbocycles. The maximum absolute atomic E-state index is 13.0. The van der Waals surface area contributed by atoms with Crippen LogP contribution in [0.5, 0.6) is 0 Å². The lowest BCUT2D eigenvalue weighted by molar-refractivity contribution is -0.121. The molecule has 0 saturated carbocycles. The van der Waals surface area contributed by atoms with E-state index in [0.29, 0.717) is 19.4 Å². The first kappa shape index (κ1) is 20.2. The van der Waals surface area contributed by atoms with E-state index in [-0.39, 0.29) is 31.1 Å². The van der Waals surface area contributed by atoms with E-state index in [2.05, 4.69) is 5.32 Å². The number of fused-ring (bicyclic) bond motifs is 1. The molecule has 8 nitrogen and oxygen atoms in total. The first-order valence-electron chi connectivity index (χ1n) is 9.03. The number of sulfone groups is 1. The number of benzene rings is 1. The van der Waals surface area contributed by atoms with Crippen molar-refractivity contribution in [2.24, 2.45) is 0 Å². The lowest BCUT2D eigenvalue weighted by Crippen LogP contribution is -2.50. The minimum absolute atomic E-state index is 0.0565. The van der Waals surface area contributed by atoms with Gasteiger partial charge in [-0.3, -0.25) is 4.79 Å². The molecule has 27 heavy (non-hydrogen) atoms. The number of carbonyl (C=O) groups excluding carboxylic acids is 1. The molecule has 1 atom stereocenters. The van der Waals surface area contributed by atoms with Crippen molar-refractivity contribution in [2.45, 2.75) is 32.4 Å². The molecule has 1 N–H and O–H groups in total. The Morgan fingerprint density at radius 1 is 1.30 bits per heavy atom. The smallest absolute Gasteiger partial charge is 0.282 e. The zero-order valence-electron chi connectivity index (χ0n) is 15.3. The van der Waals surface area contributed by atoms with Crippen LogP contribution < -0.4 is 5.32 Å². The second kappa shape index (κ2) is 7.86. The number of nitrogens with zero attached hydrogens (tertiary/aromatic N) is 2.